The van der Waals surface area contributed by atoms with Crippen LogP contribution in [0.15, 0.2) is 42.5 Å². The van der Waals surface area contributed by atoms with Gasteiger partial charge >= 0.3 is 0 Å². The quantitative estimate of drug-likeness (QED) is 0.626. The first-order valence-corrected chi connectivity index (χ1v) is 10.7. The molecule has 3 rings (SSSR count). The van der Waals surface area contributed by atoms with Gasteiger partial charge in [-0.25, -0.2) is 0 Å². The van der Waals surface area contributed by atoms with Gasteiger partial charge in [-0.15, -0.1) is 0 Å². The van der Waals surface area contributed by atoms with E-state index in [0.29, 0.717) is 17.5 Å². The zero-order chi connectivity index (χ0) is 21.3. The number of ether oxygens (including phenoxy) is 2. The first kappa shape index (κ1) is 22.1. The standard InChI is InChI=1S/C24H33N3O3/c1-4-27-13-5-6-21(27)16-25-15-19-9-12-22(23(14-19)29-3)30-17-24(28)26-20-10-7-18(2)8-11-20/h7-12,14,21,25H,4-6,13,15-17H2,1-3H3,(H,26,28)/t21-/m1/s1. The van der Waals surface area contributed by atoms with Gasteiger partial charge in [-0.2, -0.15) is 0 Å². The average molecular weight is 412 g/mol. The van der Waals surface area contributed by atoms with Crippen molar-refractivity contribution in [2.24, 2.45) is 0 Å². The molecule has 1 amide bonds. The van der Waals surface area contributed by atoms with Gasteiger partial charge in [-0.3, -0.25) is 9.69 Å². The SMILES string of the molecule is CCN1CCC[C@@H]1CNCc1ccc(OCC(=O)Nc2ccc(C)cc2)c(OC)c1. The normalized spacial score (nSPS) is 16.4. The Morgan fingerprint density at radius 3 is 2.70 bits per heavy atom. The van der Waals surface area contributed by atoms with Crippen molar-refractivity contribution < 1.29 is 14.3 Å². The monoisotopic (exact) mass is 411 g/mol. The van der Waals surface area contributed by atoms with Crippen molar-refractivity contribution in [3.63, 3.8) is 0 Å². The van der Waals surface area contributed by atoms with Gasteiger partial charge in [0.2, 0.25) is 0 Å². The predicted molar refractivity (Wildman–Crippen MR) is 120 cm³/mol. The maximum Gasteiger partial charge on any atom is 0.262 e. The summed E-state index contributed by atoms with van der Waals surface area (Å²) in [7, 11) is 1.61. The maximum atomic E-state index is 12.2. The Kier molecular flexibility index (Phi) is 8.11. The number of likely N-dealkylation sites (N-methyl/N-ethyl adjacent to an activating group) is 1. The number of amides is 1. The maximum absolute atomic E-state index is 12.2. The van der Waals surface area contributed by atoms with Gasteiger partial charge in [0.15, 0.2) is 18.1 Å². The third-order valence-corrected chi connectivity index (χ3v) is 5.54. The lowest BCUT2D eigenvalue weighted by Gasteiger charge is -2.23. The number of carbonyl (C=O) groups excluding carboxylic acids is 1. The van der Waals surface area contributed by atoms with Crippen molar-refractivity contribution >= 4 is 11.6 Å². The summed E-state index contributed by atoms with van der Waals surface area (Å²) in [4.78, 5) is 14.7. The van der Waals surface area contributed by atoms with Crippen LogP contribution in [0.2, 0.25) is 0 Å². The number of anilines is 1. The number of hydrogen-bond acceptors (Lipinski definition) is 5. The number of hydrogen-bond donors (Lipinski definition) is 2. The Morgan fingerprint density at radius 2 is 1.97 bits per heavy atom. The van der Waals surface area contributed by atoms with Crippen molar-refractivity contribution in [3.05, 3.63) is 53.6 Å². The van der Waals surface area contributed by atoms with Gasteiger partial charge in [-0.05, 0) is 62.7 Å². The second-order valence-corrected chi connectivity index (χ2v) is 7.74. The van der Waals surface area contributed by atoms with Crippen LogP contribution in [-0.4, -0.2) is 50.2 Å². The molecule has 1 atom stereocenters. The highest BCUT2D eigenvalue weighted by atomic mass is 16.5. The molecule has 1 saturated heterocycles. The molecule has 1 fully saturated rings. The van der Waals surface area contributed by atoms with Crippen LogP contribution in [0.4, 0.5) is 5.69 Å². The van der Waals surface area contributed by atoms with E-state index < -0.39 is 0 Å². The second kappa shape index (κ2) is 11.0. The lowest BCUT2D eigenvalue weighted by molar-refractivity contribution is -0.118. The van der Waals surface area contributed by atoms with E-state index in [2.05, 4.69) is 22.5 Å². The zero-order valence-electron chi connectivity index (χ0n) is 18.2. The molecule has 0 unspecified atom stereocenters. The fourth-order valence-corrected chi connectivity index (χ4v) is 3.84. The van der Waals surface area contributed by atoms with Gasteiger partial charge in [0, 0.05) is 24.8 Å². The topological polar surface area (TPSA) is 62.8 Å². The highest BCUT2D eigenvalue weighted by Gasteiger charge is 2.22. The Morgan fingerprint density at radius 1 is 1.17 bits per heavy atom. The average Bonchev–Trinajstić information content (AvgIpc) is 3.22. The van der Waals surface area contributed by atoms with E-state index in [-0.39, 0.29) is 12.5 Å². The summed E-state index contributed by atoms with van der Waals surface area (Å²) >= 11 is 0. The molecule has 0 bridgehead atoms. The zero-order valence-corrected chi connectivity index (χ0v) is 18.2. The van der Waals surface area contributed by atoms with Crippen molar-refractivity contribution in [3.8, 4) is 11.5 Å². The van der Waals surface area contributed by atoms with E-state index in [0.717, 1.165) is 36.4 Å². The first-order valence-electron chi connectivity index (χ1n) is 10.7. The Labute approximate surface area is 179 Å². The molecule has 1 heterocycles. The number of nitrogens with one attached hydrogen (secondary N) is 2. The molecule has 0 spiro atoms. The fourth-order valence-electron chi connectivity index (χ4n) is 3.84. The van der Waals surface area contributed by atoms with Crippen molar-refractivity contribution in [2.75, 3.05) is 38.7 Å². The summed E-state index contributed by atoms with van der Waals surface area (Å²) < 4.78 is 11.2. The van der Waals surface area contributed by atoms with Gasteiger partial charge in [-0.1, -0.05) is 30.7 Å². The van der Waals surface area contributed by atoms with E-state index in [1.54, 1.807) is 7.11 Å². The smallest absolute Gasteiger partial charge is 0.262 e. The molecule has 1 aliphatic heterocycles. The lowest BCUT2D eigenvalue weighted by Crippen LogP contribution is -2.37. The third kappa shape index (κ3) is 6.21. The van der Waals surface area contributed by atoms with Crippen LogP contribution < -0.4 is 20.1 Å². The van der Waals surface area contributed by atoms with E-state index >= 15 is 0 Å². The Balaban J connectivity index is 1.48. The van der Waals surface area contributed by atoms with Gasteiger partial charge < -0.3 is 20.1 Å². The third-order valence-electron chi connectivity index (χ3n) is 5.54. The second-order valence-electron chi connectivity index (χ2n) is 7.74. The molecular weight excluding hydrogens is 378 g/mol. The largest absolute Gasteiger partial charge is 0.493 e. The number of benzene rings is 2. The molecule has 30 heavy (non-hydrogen) atoms. The highest BCUT2D eigenvalue weighted by molar-refractivity contribution is 5.91. The summed E-state index contributed by atoms with van der Waals surface area (Å²) in [5, 5.41) is 6.39. The van der Waals surface area contributed by atoms with Crippen molar-refractivity contribution in [1.82, 2.24) is 10.2 Å². The van der Waals surface area contributed by atoms with Crippen LogP contribution in [0.3, 0.4) is 0 Å². The summed E-state index contributed by atoms with van der Waals surface area (Å²) in [6, 6.07) is 14.1. The molecule has 6 nitrogen and oxygen atoms in total. The molecule has 0 aliphatic carbocycles. The molecule has 162 valence electrons. The van der Waals surface area contributed by atoms with E-state index in [4.69, 9.17) is 9.47 Å². The van der Waals surface area contributed by atoms with Crippen LogP contribution in [0.1, 0.15) is 30.9 Å². The predicted octanol–water partition coefficient (Wildman–Crippen LogP) is 3.60. The van der Waals surface area contributed by atoms with Crippen molar-refractivity contribution in [2.45, 2.75) is 39.3 Å². The Bertz CT molecular complexity index is 823. The van der Waals surface area contributed by atoms with Crippen LogP contribution in [0, 0.1) is 6.92 Å². The number of carbonyl (C=O) groups is 1. The summed E-state index contributed by atoms with van der Waals surface area (Å²) in [6.07, 6.45) is 2.55. The van der Waals surface area contributed by atoms with Crippen molar-refractivity contribution in [1.29, 1.82) is 0 Å². The molecule has 0 saturated carbocycles. The molecular formula is C24H33N3O3. The summed E-state index contributed by atoms with van der Waals surface area (Å²) in [5.41, 5.74) is 3.03. The molecule has 1 aliphatic rings. The van der Waals surface area contributed by atoms with E-state index in [1.807, 2.05) is 49.4 Å². The van der Waals surface area contributed by atoms with E-state index in [9.17, 15) is 4.79 Å². The van der Waals surface area contributed by atoms with Crippen LogP contribution in [0.5, 0.6) is 11.5 Å². The molecule has 0 aromatic heterocycles. The first-order chi connectivity index (χ1) is 14.6. The highest BCUT2D eigenvalue weighted by Crippen LogP contribution is 2.28. The molecule has 0 radical (unpaired) electrons. The minimum absolute atomic E-state index is 0.0731. The Hall–Kier alpha value is -2.57. The van der Waals surface area contributed by atoms with Crippen LogP contribution in [0.25, 0.3) is 0 Å². The molecule has 2 N–H and O–H groups in total. The number of rotatable bonds is 10. The van der Waals surface area contributed by atoms with Crippen LogP contribution >= 0.6 is 0 Å². The minimum Gasteiger partial charge on any atom is -0.493 e. The number of nitrogens with zero attached hydrogens (tertiary/aromatic N) is 1. The van der Waals surface area contributed by atoms with Gasteiger partial charge in [0.25, 0.3) is 5.91 Å². The number of likely N-dealkylation sites (tertiary alicyclic amines) is 1. The fraction of sp³-hybridized carbons (Fsp3) is 0.458. The molecule has 2 aromatic carbocycles. The molecule has 2 aromatic rings. The summed E-state index contributed by atoms with van der Waals surface area (Å²) in [5.74, 6) is 0.991. The summed E-state index contributed by atoms with van der Waals surface area (Å²) in [6.45, 7) is 8.25. The number of aryl methyl sites for hydroxylation is 1. The molecule has 6 heteroatoms. The van der Waals surface area contributed by atoms with Gasteiger partial charge in [0.05, 0.1) is 7.11 Å². The lowest BCUT2D eigenvalue weighted by atomic mass is 10.2. The number of methoxy groups -OCH3 is 1. The minimum atomic E-state index is -0.205. The van der Waals surface area contributed by atoms with E-state index in [1.165, 1.54) is 19.4 Å². The van der Waals surface area contributed by atoms with Crippen LogP contribution in [-0.2, 0) is 11.3 Å². The van der Waals surface area contributed by atoms with Gasteiger partial charge in [0.1, 0.15) is 0 Å².